The molecule has 2 rings (SSSR count). The average molecular weight is 289 g/mol. The molecule has 0 aromatic heterocycles. The van der Waals surface area contributed by atoms with Gasteiger partial charge in [0.25, 0.3) is 0 Å². The average Bonchev–Trinajstić information content (AvgIpc) is 2.87. The molecule has 0 bridgehead atoms. The smallest absolute Gasteiger partial charge is 0.0240 e. The summed E-state index contributed by atoms with van der Waals surface area (Å²) in [6, 6.07) is 9.63. The first kappa shape index (κ1) is 16.5. The zero-order valence-electron chi connectivity index (χ0n) is 13.9. The van der Waals surface area contributed by atoms with Gasteiger partial charge in [-0.2, -0.15) is 0 Å². The van der Waals surface area contributed by atoms with Crippen LogP contribution in [0.4, 0.5) is 0 Å². The maximum atomic E-state index is 3.53. The molecule has 0 aliphatic carbocycles. The summed E-state index contributed by atoms with van der Waals surface area (Å²) in [6.07, 6.45) is 3.88. The Morgan fingerprint density at radius 3 is 2.71 bits per heavy atom. The van der Waals surface area contributed by atoms with Crippen LogP contribution in [0.5, 0.6) is 0 Å². The van der Waals surface area contributed by atoms with Crippen LogP contribution in [-0.2, 0) is 13.1 Å². The number of likely N-dealkylation sites (N-methyl/N-ethyl adjacent to an activating group) is 1. The van der Waals surface area contributed by atoms with Gasteiger partial charge in [-0.1, -0.05) is 31.2 Å². The Balaban J connectivity index is 1.98. The normalized spacial score (nSPS) is 19.5. The van der Waals surface area contributed by atoms with E-state index < -0.39 is 0 Å². The molecule has 3 nitrogen and oxygen atoms in total. The predicted molar refractivity (Wildman–Crippen MR) is 90.4 cm³/mol. The zero-order valence-corrected chi connectivity index (χ0v) is 13.9. The molecule has 0 saturated carbocycles. The second-order valence-corrected chi connectivity index (χ2v) is 6.47. The molecule has 1 saturated heterocycles. The first-order chi connectivity index (χ1) is 10.2. The Labute approximate surface area is 130 Å². The molecule has 1 unspecified atom stereocenters. The number of likely N-dealkylation sites (tertiary alicyclic amines) is 1. The first-order valence-corrected chi connectivity index (χ1v) is 8.37. The molecule has 0 radical (unpaired) electrons. The quantitative estimate of drug-likeness (QED) is 0.742. The summed E-state index contributed by atoms with van der Waals surface area (Å²) < 4.78 is 0. The van der Waals surface area contributed by atoms with Gasteiger partial charge in [0.05, 0.1) is 0 Å². The van der Waals surface area contributed by atoms with E-state index in [0.717, 1.165) is 25.7 Å². The van der Waals surface area contributed by atoms with E-state index in [4.69, 9.17) is 0 Å². The van der Waals surface area contributed by atoms with Crippen LogP contribution >= 0.6 is 0 Å². The van der Waals surface area contributed by atoms with E-state index in [-0.39, 0.29) is 0 Å². The van der Waals surface area contributed by atoms with E-state index in [1.54, 1.807) is 0 Å². The van der Waals surface area contributed by atoms with Crippen LogP contribution in [-0.4, -0.2) is 49.6 Å². The van der Waals surface area contributed by atoms with Crippen molar-refractivity contribution < 1.29 is 0 Å². The summed E-state index contributed by atoms with van der Waals surface area (Å²) in [5.74, 6) is 0. The lowest BCUT2D eigenvalue weighted by atomic mass is 10.1. The van der Waals surface area contributed by atoms with Crippen molar-refractivity contribution in [3.05, 3.63) is 35.4 Å². The van der Waals surface area contributed by atoms with E-state index in [1.165, 1.54) is 43.5 Å². The third-order valence-electron chi connectivity index (χ3n) is 4.31. The highest BCUT2D eigenvalue weighted by molar-refractivity contribution is 5.27. The number of benzene rings is 1. The monoisotopic (exact) mass is 289 g/mol. The Kier molecular flexibility index (Phi) is 6.68. The minimum Gasteiger partial charge on any atom is -0.313 e. The van der Waals surface area contributed by atoms with Gasteiger partial charge >= 0.3 is 0 Å². The molecule has 21 heavy (non-hydrogen) atoms. The Hall–Kier alpha value is -0.900. The lowest BCUT2D eigenvalue weighted by Gasteiger charge is -2.27. The Morgan fingerprint density at radius 2 is 2.00 bits per heavy atom. The number of hydrogen-bond donors (Lipinski definition) is 1. The van der Waals surface area contributed by atoms with Crippen molar-refractivity contribution >= 4 is 0 Å². The Bertz CT molecular complexity index is 417. The zero-order chi connectivity index (χ0) is 15.1. The Morgan fingerprint density at radius 1 is 1.24 bits per heavy atom. The van der Waals surface area contributed by atoms with E-state index in [1.807, 2.05) is 0 Å². The van der Waals surface area contributed by atoms with Crippen LogP contribution in [0.25, 0.3) is 0 Å². The standard InChI is InChI=1S/C18H31N3/c1-4-11-19-13-16-8-5-6-9-17(16)14-21-12-7-10-18(21)15-20(2)3/h5-6,8-9,18-19H,4,7,10-15H2,1-3H3. The molecule has 1 N–H and O–H groups in total. The van der Waals surface area contributed by atoms with Crippen molar-refractivity contribution in [1.29, 1.82) is 0 Å². The highest BCUT2D eigenvalue weighted by Crippen LogP contribution is 2.22. The van der Waals surface area contributed by atoms with Gasteiger partial charge in [0.1, 0.15) is 0 Å². The third kappa shape index (κ3) is 5.10. The maximum Gasteiger partial charge on any atom is 0.0240 e. The summed E-state index contributed by atoms with van der Waals surface area (Å²) in [4.78, 5) is 4.98. The van der Waals surface area contributed by atoms with Crippen LogP contribution < -0.4 is 5.32 Å². The fraction of sp³-hybridized carbons (Fsp3) is 0.667. The fourth-order valence-corrected chi connectivity index (χ4v) is 3.23. The molecule has 1 atom stereocenters. The van der Waals surface area contributed by atoms with Crippen molar-refractivity contribution in [2.45, 2.75) is 45.3 Å². The van der Waals surface area contributed by atoms with Crippen molar-refractivity contribution in [1.82, 2.24) is 15.1 Å². The van der Waals surface area contributed by atoms with Gasteiger partial charge in [-0.15, -0.1) is 0 Å². The molecular formula is C18H31N3. The van der Waals surface area contributed by atoms with Crippen molar-refractivity contribution in [3.63, 3.8) is 0 Å². The minimum absolute atomic E-state index is 0.719. The maximum absolute atomic E-state index is 3.53. The van der Waals surface area contributed by atoms with Gasteiger partial charge in [-0.05, 0) is 57.6 Å². The SMILES string of the molecule is CCCNCc1ccccc1CN1CCCC1CN(C)C. The third-order valence-corrected chi connectivity index (χ3v) is 4.31. The van der Waals surface area contributed by atoms with E-state index in [0.29, 0.717) is 0 Å². The summed E-state index contributed by atoms with van der Waals surface area (Å²) in [7, 11) is 4.36. The van der Waals surface area contributed by atoms with Crippen LogP contribution in [0.2, 0.25) is 0 Å². The van der Waals surface area contributed by atoms with Gasteiger partial charge in [-0.3, -0.25) is 4.90 Å². The topological polar surface area (TPSA) is 18.5 Å². The first-order valence-electron chi connectivity index (χ1n) is 8.37. The van der Waals surface area contributed by atoms with E-state index in [9.17, 15) is 0 Å². The second kappa shape index (κ2) is 8.52. The van der Waals surface area contributed by atoms with Crippen LogP contribution in [0.15, 0.2) is 24.3 Å². The van der Waals surface area contributed by atoms with Crippen molar-refractivity contribution in [3.8, 4) is 0 Å². The lowest BCUT2D eigenvalue weighted by molar-refractivity contribution is 0.200. The van der Waals surface area contributed by atoms with Gasteiger partial charge < -0.3 is 10.2 Å². The largest absolute Gasteiger partial charge is 0.313 e. The van der Waals surface area contributed by atoms with Crippen molar-refractivity contribution in [2.24, 2.45) is 0 Å². The molecular weight excluding hydrogens is 258 g/mol. The molecule has 0 amide bonds. The van der Waals surface area contributed by atoms with Gasteiger partial charge in [0.2, 0.25) is 0 Å². The molecule has 1 aromatic carbocycles. The summed E-state index contributed by atoms with van der Waals surface area (Å²) in [5.41, 5.74) is 2.95. The molecule has 0 spiro atoms. The van der Waals surface area contributed by atoms with Crippen LogP contribution in [0.1, 0.15) is 37.3 Å². The van der Waals surface area contributed by atoms with Gasteiger partial charge in [0.15, 0.2) is 0 Å². The molecule has 1 aromatic rings. The number of nitrogens with zero attached hydrogens (tertiary/aromatic N) is 2. The highest BCUT2D eigenvalue weighted by atomic mass is 15.2. The fourth-order valence-electron chi connectivity index (χ4n) is 3.23. The van der Waals surface area contributed by atoms with E-state index in [2.05, 4.69) is 60.4 Å². The number of nitrogens with one attached hydrogen (secondary N) is 1. The molecule has 1 aliphatic rings. The molecule has 3 heteroatoms. The van der Waals surface area contributed by atoms with Gasteiger partial charge in [-0.25, -0.2) is 0 Å². The summed E-state index contributed by atoms with van der Waals surface area (Å²) >= 11 is 0. The van der Waals surface area contributed by atoms with Crippen LogP contribution in [0.3, 0.4) is 0 Å². The molecule has 1 fully saturated rings. The summed E-state index contributed by atoms with van der Waals surface area (Å²) in [5, 5.41) is 3.53. The number of hydrogen-bond acceptors (Lipinski definition) is 3. The number of rotatable bonds is 8. The van der Waals surface area contributed by atoms with E-state index >= 15 is 0 Å². The molecule has 1 heterocycles. The predicted octanol–water partition coefficient (Wildman–Crippen LogP) is 2.71. The molecule has 118 valence electrons. The highest BCUT2D eigenvalue weighted by Gasteiger charge is 2.25. The minimum atomic E-state index is 0.719. The van der Waals surface area contributed by atoms with Crippen LogP contribution in [0, 0.1) is 0 Å². The lowest BCUT2D eigenvalue weighted by Crippen LogP contribution is -2.37. The summed E-state index contributed by atoms with van der Waals surface area (Å²) in [6.45, 7) is 7.83. The van der Waals surface area contributed by atoms with Crippen molar-refractivity contribution in [2.75, 3.05) is 33.7 Å². The molecule has 1 aliphatic heterocycles. The van der Waals surface area contributed by atoms with Gasteiger partial charge in [0, 0.05) is 25.7 Å². The second-order valence-electron chi connectivity index (χ2n) is 6.47.